The number of nitrogens with one attached hydrogen (secondary N) is 1. The SMILES string of the molecule is COc1ccccc1-c1nnc(SC(C(=O)NC2CC2)c2ccccc2)n1CCc1ccccc1. The van der Waals surface area contributed by atoms with Crippen molar-refractivity contribution in [3.63, 3.8) is 0 Å². The van der Waals surface area contributed by atoms with Crippen LogP contribution in [0.3, 0.4) is 0 Å². The first-order valence-corrected chi connectivity index (χ1v) is 12.7. The molecule has 6 nitrogen and oxygen atoms in total. The van der Waals surface area contributed by atoms with E-state index in [-0.39, 0.29) is 11.9 Å². The Morgan fingerprint density at radius 1 is 1.00 bits per heavy atom. The molecule has 1 atom stereocenters. The molecule has 35 heavy (non-hydrogen) atoms. The van der Waals surface area contributed by atoms with Crippen molar-refractivity contribution in [2.24, 2.45) is 0 Å². The lowest BCUT2D eigenvalue weighted by atomic mass is 10.1. The van der Waals surface area contributed by atoms with Crippen molar-refractivity contribution in [1.82, 2.24) is 20.1 Å². The van der Waals surface area contributed by atoms with Crippen LogP contribution in [0.4, 0.5) is 0 Å². The number of thioether (sulfide) groups is 1. The molecule has 1 unspecified atom stereocenters. The fraction of sp³-hybridized carbons (Fsp3) is 0.250. The molecule has 3 aromatic carbocycles. The lowest BCUT2D eigenvalue weighted by molar-refractivity contribution is -0.120. The average molecular weight is 485 g/mol. The van der Waals surface area contributed by atoms with Crippen LogP contribution < -0.4 is 10.1 Å². The van der Waals surface area contributed by atoms with E-state index in [1.54, 1.807) is 7.11 Å². The Balaban J connectivity index is 1.51. The minimum Gasteiger partial charge on any atom is -0.496 e. The quantitative estimate of drug-likeness (QED) is 0.309. The van der Waals surface area contributed by atoms with Gasteiger partial charge in [-0.2, -0.15) is 0 Å². The summed E-state index contributed by atoms with van der Waals surface area (Å²) in [6.07, 6.45) is 2.91. The van der Waals surface area contributed by atoms with Gasteiger partial charge in [0.1, 0.15) is 11.0 Å². The molecule has 1 N–H and O–H groups in total. The number of methoxy groups -OCH3 is 1. The Bertz CT molecular complexity index is 1270. The van der Waals surface area contributed by atoms with E-state index in [1.165, 1.54) is 17.3 Å². The van der Waals surface area contributed by atoms with Crippen molar-refractivity contribution in [2.45, 2.75) is 42.3 Å². The first-order valence-electron chi connectivity index (χ1n) is 11.9. The number of para-hydroxylation sites is 1. The van der Waals surface area contributed by atoms with Crippen LogP contribution in [0.15, 0.2) is 90.1 Å². The Morgan fingerprint density at radius 2 is 1.69 bits per heavy atom. The molecule has 0 spiro atoms. The summed E-state index contributed by atoms with van der Waals surface area (Å²) >= 11 is 1.45. The highest BCUT2D eigenvalue weighted by atomic mass is 32.2. The van der Waals surface area contributed by atoms with Crippen molar-refractivity contribution >= 4 is 17.7 Å². The number of hydrogen-bond acceptors (Lipinski definition) is 5. The van der Waals surface area contributed by atoms with E-state index < -0.39 is 5.25 Å². The highest BCUT2D eigenvalue weighted by Crippen LogP contribution is 2.38. The number of benzene rings is 3. The number of nitrogens with zero attached hydrogens (tertiary/aromatic N) is 3. The van der Waals surface area contributed by atoms with Gasteiger partial charge in [0.15, 0.2) is 11.0 Å². The van der Waals surface area contributed by atoms with Gasteiger partial charge in [0.2, 0.25) is 5.91 Å². The smallest absolute Gasteiger partial charge is 0.238 e. The van der Waals surface area contributed by atoms with Gasteiger partial charge < -0.3 is 14.6 Å². The predicted molar refractivity (Wildman–Crippen MR) is 138 cm³/mol. The topological polar surface area (TPSA) is 69.0 Å². The Kier molecular flexibility index (Phi) is 7.14. The molecule has 1 heterocycles. The van der Waals surface area contributed by atoms with Gasteiger partial charge in [-0.25, -0.2) is 0 Å². The van der Waals surface area contributed by atoms with E-state index in [1.807, 2.05) is 72.8 Å². The summed E-state index contributed by atoms with van der Waals surface area (Å²) in [6.45, 7) is 0.679. The first kappa shape index (κ1) is 23.2. The number of aryl methyl sites for hydroxylation is 1. The van der Waals surface area contributed by atoms with Crippen LogP contribution in [-0.4, -0.2) is 33.8 Å². The zero-order chi connectivity index (χ0) is 24.0. The number of hydrogen-bond donors (Lipinski definition) is 1. The summed E-state index contributed by atoms with van der Waals surface area (Å²) in [5.74, 6) is 1.49. The van der Waals surface area contributed by atoms with Crippen molar-refractivity contribution in [3.8, 4) is 17.1 Å². The normalized spacial score (nSPS) is 13.9. The molecule has 1 aromatic heterocycles. The van der Waals surface area contributed by atoms with Gasteiger partial charge in [0, 0.05) is 12.6 Å². The van der Waals surface area contributed by atoms with Crippen LogP contribution in [0, 0.1) is 0 Å². The molecular formula is C28H28N4O2S. The van der Waals surface area contributed by atoms with Gasteiger partial charge in [0.25, 0.3) is 0 Å². The molecule has 1 saturated carbocycles. The molecule has 1 fully saturated rings. The lowest BCUT2D eigenvalue weighted by Crippen LogP contribution is -2.30. The summed E-state index contributed by atoms with van der Waals surface area (Å²) < 4.78 is 7.72. The van der Waals surface area contributed by atoms with Crippen molar-refractivity contribution < 1.29 is 9.53 Å². The molecule has 1 aliphatic rings. The second kappa shape index (κ2) is 10.8. The minimum absolute atomic E-state index is 0.0140. The summed E-state index contributed by atoms with van der Waals surface area (Å²) in [7, 11) is 1.66. The third-order valence-electron chi connectivity index (χ3n) is 6.02. The van der Waals surface area contributed by atoms with Gasteiger partial charge in [-0.15, -0.1) is 10.2 Å². The molecule has 7 heteroatoms. The van der Waals surface area contributed by atoms with Crippen LogP contribution in [-0.2, 0) is 17.8 Å². The maximum Gasteiger partial charge on any atom is 0.238 e. The van der Waals surface area contributed by atoms with Crippen molar-refractivity contribution in [1.29, 1.82) is 0 Å². The van der Waals surface area contributed by atoms with E-state index >= 15 is 0 Å². The number of amides is 1. The third-order valence-corrected chi connectivity index (χ3v) is 7.25. The number of carbonyl (C=O) groups excluding carboxylic acids is 1. The average Bonchev–Trinajstić information content (AvgIpc) is 3.64. The monoisotopic (exact) mass is 484 g/mol. The highest BCUT2D eigenvalue weighted by Gasteiger charge is 2.31. The molecule has 5 rings (SSSR count). The van der Waals surface area contributed by atoms with E-state index in [2.05, 4.69) is 32.2 Å². The maximum absolute atomic E-state index is 13.3. The van der Waals surface area contributed by atoms with Gasteiger partial charge >= 0.3 is 0 Å². The summed E-state index contributed by atoms with van der Waals surface area (Å²) in [4.78, 5) is 13.3. The lowest BCUT2D eigenvalue weighted by Gasteiger charge is -2.18. The highest BCUT2D eigenvalue weighted by molar-refractivity contribution is 8.00. The molecule has 1 amide bonds. The second-order valence-corrected chi connectivity index (χ2v) is 9.66. The molecule has 0 aliphatic heterocycles. The van der Waals surface area contributed by atoms with Gasteiger partial charge in [-0.05, 0) is 42.5 Å². The fourth-order valence-corrected chi connectivity index (χ4v) is 5.07. The number of carbonyl (C=O) groups is 1. The second-order valence-electron chi connectivity index (χ2n) is 8.59. The molecule has 4 aromatic rings. The fourth-order valence-electron chi connectivity index (χ4n) is 4.00. The Labute approximate surface area is 209 Å². The van der Waals surface area contributed by atoms with Crippen LogP contribution in [0.2, 0.25) is 0 Å². The number of ether oxygens (including phenoxy) is 1. The zero-order valence-corrected chi connectivity index (χ0v) is 20.4. The van der Waals surface area contributed by atoms with Crippen molar-refractivity contribution in [3.05, 3.63) is 96.1 Å². The molecule has 0 saturated heterocycles. The van der Waals surface area contributed by atoms with Gasteiger partial charge in [-0.1, -0.05) is 84.6 Å². The summed E-state index contributed by atoms with van der Waals surface area (Å²) in [5, 5.41) is 12.6. The zero-order valence-electron chi connectivity index (χ0n) is 19.6. The third kappa shape index (κ3) is 5.57. The molecule has 0 radical (unpaired) electrons. The Morgan fingerprint density at radius 3 is 2.40 bits per heavy atom. The van der Waals surface area contributed by atoms with Crippen molar-refractivity contribution in [2.75, 3.05) is 7.11 Å². The minimum atomic E-state index is -0.415. The Hall–Kier alpha value is -3.58. The maximum atomic E-state index is 13.3. The van der Waals surface area contributed by atoms with E-state index in [4.69, 9.17) is 4.74 Å². The molecule has 178 valence electrons. The molecule has 1 aliphatic carbocycles. The standard InChI is InChI=1S/C28H28N4O2S/c1-34-24-15-9-8-14-23(24)26-30-31-28(32(26)19-18-20-10-4-2-5-11-20)35-25(21-12-6-3-7-13-21)27(33)29-22-16-17-22/h2-15,22,25H,16-19H2,1H3,(H,29,33). The van der Waals surface area contributed by atoms with Crippen LogP contribution in [0.25, 0.3) is 11.4 Å². The predicted octanol–water partition coefficient (Wildman–Crippen LogP) is 5.31. The van der Waals surface area contributed by atoms with E-state index in [9.17, 15) is 4.79 Å². The molecular weight excluding hydrogens is 456 g/mol. The van der Waals surface area contributed by atoms with E-state index in [0.29, 0.717) is 11.7 Å². The number of aromatic nitrogens is 3. The summed E-state index contributed by atoms with van der Waals surface area (Å²) in [6, 6.07) is 28.4. The first-order chi connectivity index (χ1) is 17.2. The van der Waals surface area contributed by atoms with Gasteiger partial charge in [0.05, 0.1) is 12.7 Å². The van der Waals surface area contributed by atoms with Gasteiger partial charge in [-0.3, -0.25) is 4.79 Å². The van der Waals surface area contributed by atoms with Crippen LogP contribution in [0.5, 0.6) is 5.75 Å². The number of rotatable bonds is 10. The largest absolute Gasteiger partial charge is 0.496 e. The van der Waals surface area contributed by atoms with E-state index in [0.717, 1.165) is 42.0 Å². The van der Waals surface area contributed by atoms with Crippen LogP contribution in [0.1, 0.15) is 29.2 Å². The molecule has 0 bridgehead atoms. The van der Waals surface area contributed by atoms with Crippen LogP contribution >= 0.6 is 11.8 Å². The summed E-state index contributed by atoms with van der Waals surface area (Å²) in [5.41, 5.74) is 3.06.